The highest BCUT2D eigenvalue weighted by Gasteiger charge is 2.45. The molecule has 1 saturated heterocycles. The van der Waals surface area contributed by atoms with Gasteiger partial charge in [-0.3, -0.25) is 0 Å². The number of likely N-dealkylation sites (tertiary alicyclic amines) is 1. The average molecular weight is 204 g/mol. The summed E-state index contributed by atoms with van der Waals surface area (Å²) in [6.07, 6.45) is 2.36. The highest BCUT2D eigenvalue weighted by atomic mass is 19.3. The minimum absolute atomic E-state index is 0.0821. The summed E-state index contributed by atoms with van der Waals surface area (Å²) >= 11 is 0. The van der Waals surface area contributed by atoms with Crippen molar-refractivity contribution >= 4 is 0 Å². The van der Waals surface area contributed by atoms with E-state index in [4.69, 9.17) is 5.73 Å². The average Bonchev–Trinajstić information content (AvgIpc) is 2.00. The van der Waals surface area contributed by atoms with Crippen LogP contribution in [-0.2, 0) is 0 Å². The van der Waals surface area contributed by atoms with Crippen molar-refractivity contribution in [2.24, 2.45) is 11.7 Å². The van der Waals surface area contributed by atoms with E-state index in [1.165, 1.54) is 0 Å². The van der Waals surface area contributed by atoms with Gasteiger partial charge in [-0.15, -0.1) is 0 Å². The quantitative estimate of drug-likeness (QED) is 0.737. The van der Waals surface area contributed by atoms with E-state index in [1.807, 2.05) is 0 Å². The molecule has 82 valence electrons. The Hall–Kier alpha value is -0.220. The highest BCUT2D eigenvalue weighted by molar-refractivity contribution is 4.89. The van der Waals surface area contributed by atoms with Gasteiger partial charge in [-0.2, -0.15) is 0 Å². The minimum Gasteiger partial charge on any atom is -0.327 e. The van der Waals surface area contributed by atoms with Gasteiger partial charge in [0.1, 0.15) is 0 Å². The predicted octanol–water partition coefficient (Wildman–Crippen LogP) is 1.45. The molecule has 2 nitrogen and oxygen atoms in total. The van der Waals surface area contributed by atoms with E-state index in [1.54, 1.807) is 0 Å². The Balaban J connectivity index is 1.71. The van der Waals surface area contributed by atoms with Crippen LogP contribution in [0, 0.1) is 5.92 Å². The van der Waals surface area contributed by atoms with Gasteiger partial charge >= 0.3 is 0 Å². The van der Waals surface area contributed by atoms with Crippen molar-refractivity contribution in [2.45, 2.75) is 37.6 Å². The molecule has 1 aliphatic carbocycles. The molecule has 14 heavy (non-hydrogen) atoms. The Labute approximate surface area is 83.4 Å². The summed E-state index contributed by atoms with van der Waals surface area (Å²) in [5.41, 5.74) is 5.82. The molecule has 1 atom stereocenters. The van der Waals surface area contributed by atoms with E-state index in [9.17, 15) is 8.78 Å². The number of hydrogen-bond donors (Lipinski definition) is 1. The lowest BCUT2D eigenvalue weighted by Crippen LogP contribution is -2.48. The fraction of sp³-hybridized carbons (Fsp3) is 1.00. The fourth-order valence-corrected chi connectivity index (χ4v) is 2.54. The topological polar surface area (TPSA) is 29.3 Å². The molecule has 1 aliphatic heterocycles. The van der Waals surface area contributed by atoms with Gasteiger partial charge < -0.3 is 10.6 Å². The number of hydrogen-bond acceptors (Lipinski definition) is 2. The van der Waals surface area contributed by atoms with Gasteiger partial charge in [0.15, 0.2) is 0 Å². The molecule has 0 spiro atoms. The molecule has 1 heterocycles. The summed E-state index contributed by atoms with van der Waals surface area (Å²) in [6, 6.07) is 0.254. The molecule has 0 aromatic rings. The van der Waals surface area contributed by atoms with Crippen molar-refractivity contribution in [2.75, 3.05) is 19.6 Å². The van der Waals surface area contributed by atoms with Crippen molar-refractivity contribution in [1.82, 2.24) is 4.90 Å². The second-order valence-electron chi connectivity index (χ2n) is 4.79. The van der Waals surface area contributed by atoms with Crippen molar-refractivity contribution in [3.63, 3.8) is 0 Å². The van der Waals surface area contributed by atoms with Crippen LogP contribution in [0.2, 0.25) is 0 Å². The Morgan fingerprint density at radius 2 is 2.07 bits per heavy atom. The SMILES string of the molecule is NC1CCCN(CC2CC(F)(F)C2)C1. The lowest BCUT2D eigenvalue weighted by molar-refractivity contribution is -0.117. The van der Waals surface area contributed by atoms with Gasteiger partial charge in [0.25, 0.3) is 0 Å². The maximum Gasteiger partial charge on any atom is 0.248 e. The molecule has 1 saturated carbocycles. The number of piperidine rings is 1. The summed E-state index contributed by atoms with van der Waals surface area (Å²) < 4.78 is 25.2. The molecule has 1 unspecified atom stereocenters. The molecule has 2 aliphatic rings. The summed E-state index contributed by atoms with van der Waals surface area (Å²) in [5.74, 6) is -2.17. The number of halogens is 2. The van der Waals surface area contributed by atoms with Crippen molar-refractivity contribution in [3.8, 4) is 0 Å². The summed E-state index contributed by atoms with van der Waals surface area (Å²) in [6.45, 7) is 2.75. The maximum atomic E-state index is 12.6. The fourth-order valence-electron chi connectivity index (χ4n) is 2.54. The van der Waals surface area contributed by atoms with Crippen LogP contribution in [0.3, 0.4) is 0 Å². The van der Waals surface area contributed by atoms with Crippen molar-refractivity contribution < 1.29 is 8.78 Å². The van der Waals surface area contributed by atoms with Crippen LogP contribution in [0.15, 0.2) is 0 Å². The third-order valence-electron chi connectivity index (χ3n) is 3.23. The van der Waals surface area contributed by atoms with Crippen LogP contribution in [0.1, 0.15) is 25.7 Å². The molecular weight excluding hydrogens is 186 g/mol. The minimum atomic E-state index is -2.37. The van der Waals surface area contributed by atoms with E-state index in [0.717, 1.165) is 32.5 Å². The third kappa shape index (κ3) is 2.42. The van der Waals surface area contributed by atoms with Gasteiger partial charge in [-0.1, -0.05) is 0 Å². The predicted molar refractivity (Wildman–Crippen MR) is 51.3 cm³/mol. The third-order valence-corrected chi connectivity index (χ3v) is 3.23. The Bertz CT molecular complexity index is 200. The standard InChI is InChI=1S/C10H18F2N2/c11-10(12)4-8(5-10)6-14-3-1-2-9(13)7-14/h8-9H,1-7,13H2. The Kier molecular flexibility index (Phi) is 2.75. The number of rotatable bonds is 2. The first-order chi connectivity index (χ1) is 6.55. The lowest BCUT2D eigenvalue weighted by atomic mass is 9.81. The first kappa shape index (κ1) is 10.3. The zero-order valence-corrected chi connectivity index (χ0v) is 8.38. The highest BCUT2D eigenvalue weighted by Crippen LogP contribution is 2.42. The van der Waals surface area contributed by atoms with Crippen LogP contribution >= 0.6 is 0 Å². The van der Waals surface area contributed by atoms with E-state index < -0.39 is 5.92 Å². The van der Waals surface area contributed by atoms with Crippen molar-refractivity contribution in [1.29, 1.82) is 0 Å². The second-order valence-corrected chi connectivity index (χ2v) is 4.79. The monoisotopic (exact) mass is 204 g/mol. The van der Waals surface area contributed by atoms with Crippen LogP contribution < -0.4 is 5.73 Å². The van der Waals surface area contributed by atoms with Gasteiger partial charge in [-0.05, 0) is 25.3 Å². The molecule has 4 heteroatoms. The zero-order chi connectivity index (χ0) is 10.2. The van der Waals surface area contributed by atoms with E-state index in [2.05, 4.69) is 4.90 Å². The van der Waals surface area contributed by atoms with Crippen LogP contribution in [0.4, 0.5) is 8.78 Å². The Morgan fingerprint density at radius 3 is 2.64 bits per heavy atom. The normalized spacial score (nSPS) is 34.1. The Morgan fingerprint density at radius 1 is 1.36 bits per heavy atom. The molecule has 2 N–H and O–H groups in total. The largest absolute Gasteiger partial charge is 0.327 e. The van der Waals surface area contributed by atoms with Crippen LogP contribution in [0.5, 0.6) is 0 Å². The first-order valence-electron chi connectivity index (χ1n) is 5.41. The molecule has 0 bridgehead atoms. The number of nitrogens with zero attached hydrogens (tertiary/aromatic N) is 1. The van der Waals surface area contributed by atoms with Gasteiger partial charge in [0, 0.05) is 32.0 Å². The second kappa shape index (κ2) is 3.74. The molecule has 0 radical (unpaired) electrons. The van der Waals surface area contributed by atoms with E-state index >= 15 is 0 Å². The lowest BCUT2D eigenvalue weighted by Gasteiger charge is -2.40. The molecule has 0 aromatic heterocycles. The van der Waals surface area contributed by atoms with Gasteiger partial charge in [0.2, 0.25) is 5.92 Å². The van der Waals surface area contributed by atoms with E-state index in [0.29, 0.717) is 0 Å². The number of alkyl halides is 2. The summed E-state index contributed by atoms with van der Waals surface area (Å²) in [5, 5.41) is 0. The van der Waals surface area contributed by atoms with Gasteiger partial charge in [-0.25, -0.2) is 8.78 Å². The van der Waals surface area contributed by atoms with Crippen molar-refractivity contribution in [3.05, 3.63) is 0 Å². The summed E-state index contributed by atoms with van der Waals surface area (Å²) in [7, 11) is 0. The van der Waals surface area contributed by atoms with Crippen LogP contribution in [-0.4, -0.2) is 36.5 Å². The zero-order valence-electron chi connectivity index (χ0n) is 8.38. The summed E-state index contributed by atoms with van der Waals surface area (Å²) in [4.78, 5) is 2.24. The molecule has 0 aromatic carbocycles. The molecule has 2 rings (SSSR count). The number of nitrogens with two attached hydrogens (primary N) is 1. The van der Waals surface area contributed by atoms with E-state index in [-0.39, 0.29) is 24.8 Å². The molecule has 0 amide bonds. The molecule has 2 fully saturated rings. The smallest absolute Gasteiger partial charge is 0.248 e. The first-order valence-corrected chi connectivity index (χ1v) is 5.41. The molecular formula is C10H18F2N2. The van der Waals surface area contributed by atoms with Crippen LogP contribution in [0.25, 0.3) is 0 Å². The van der Waals surface area contributed by atoms with Gasteiger partial charge in [0.05, 0.1) is 0 Å². The maximum absolute atomic E-state index is 12.6.